The first-order valence-corrected chi connectivity index (χ1v) is 8.58. The smallest absolute Gasteiger partial charge is 0.266 e. The molecule has 1 amide bonds. The average molecular weight is 339 g/mol. The summed E-state index contributed by atoms with van der Waals surface area (Å²) in [4.78, 5) is 21.3. The number of nitrogens with zero attached hydrogens (tertiary/aromatic N) is 3. The van der Waals surface area contributed by atoms with E-state index in [0.717, 1.165) is 38.4 Å². The minimum absolute atomic E-state index is 0.0468. The lowest BCUT2D eigenvalue weighted by molar-refractivity contribution is -0.122. The lowest BCUT2D eigenvalue weighted by Gasteiger charge is -2.38. The maximum atomic E-state index is 12.7. The van der Waals surface area contributed by atoms with Crippen LogP contribution in [0.4, 0.5) is 5.82 Å². The summed E-state index contributed by atoms with van der Waals surface area (Å²) in [5.41, 5.74) is 1.10. The monoisotopic (exact) mass is 339 g/mol. The fourth-order valence-corrected chi connectivity index (χ4v) is 3.36. The van der Waals surface area contributed by atoms with Crippen LogP contribution in [0.15, 0.2) is 48.7 Å². The van der Waals surface area contributed by atoms with Crippen LogP contribution in [0.25, 0.3) is 0 Å². The maximum absolute atomic E-state index is 12.7. The fraction of sp³-hybridized carbons (Fsp3) is 0.368. The van der Waals surface area contributed by atoms with Crippen molar-refractivity contribution in [3.05, 3.63) is 54.2 Å². The number of pyridine rings is 1. The van der Waals surface area contributed by atoms with E-state index >= 15 is 0 Å². The van der Waals surface area contributed by atoms with Gasteiger partial charge in [-0.05, 0) is 17.7 Å². The fourth-order valence-electron chi connectivity index (χ4n) is 3.36. The standard InChI is InChI=1S/C19H21N3O3/c23-18-14-25-17-7-4-8-20-19(17)22(18)16(15-5-2-1-3-6-15)13-21-9-11-24-12-10-21/h1-8,16H,9-14H2. The topological polar surface area (TPSA) is 54.9 Å². The summed E-state index contributed by atoms with van der Waals surface area (Å²) in [6, 6.07) is 13.7. The number of hydrogen-bond acceptors (Lipinski definition) is 5. The lowest BCUT2D eigenvalue weighted by Crippen LogP contribution is -2.48. The van der Waals surface area contributed by atoms with E-state index < -0.39 is 0 Å². The number of morpholine rings is 1. The van der Waals surface area contributed by atoms with Crippen LogP contribution in [0.3, 0.4) is 0 Å². The molecule has 1 aromatic heterocycles. The Morgan fingerprint density at radius 1 is 1.08 bits per heavy atom. The molecule has 0 saturated carbocycles. The van der Waals surface area contributed by atoms with E-state index in [4.69, 9.17) is 9.47 Å². The molecule has 130 valence electrons. The molecule has 1 aromatic carbocycles. The first-order chi connectivity index (χ1) is 12.3. The van der Waals surface area contributed by atoms with E-state index in [0.29, 0.717) is 11.6 Å². The summed E-state index contributed by atoms with van der Waals surface area (Å²) in [5, 5.41) is 0. The van der Waals surface area contributed by atoms with Crippen molar-refractivity contribution in [2.45, 2.75) is 6.04 Å². The highest BCUT2D eigenvalue weighted by atomic mass is 16.5. The van der Waals surface area contributed by atoms with Crippen LogP contribution < -0.4 is 9.64 Å². The van der Waals surface area contributed by atoms with Gasteiger partial charge in [-0.1, -0.05) is 30.3 Å². The number of benzene rings is 1. The normalized spacial score (nSPS) is 19.2. The van der Waals surface area contributed by atoms with Crippen LogP contribution in [0, 0.1) is 0 Å². The van der Waals surface area contributed by atoms with Crippen molar-refractivity contribution >= 4 is 11.7 Å². The second kappa shape index (κ2) is 7.21. The number of anilines is 1. The Kier molecular flexibility index (Phi) is 4.63. The van der Waals surface area contributed by atoms with Crippen LogP contribution in [0.1, 0.15) is 11.6 Å². The van der Waals surface area contributed by atoms with Crippen LogP contribution in [-0.2, 0) is 9.53 Å². The quantitative estimate of drug-likeness (QED) is 0.851. The van der Waals surface area contributed by atoms with Gasteiger partial charge in [-0.3, -0.25) is 14.6 Å². The molecule has 6 heteroatoms. The molecule has 2 aromatic rings. The van der Waals surface area contributed by atoms with Gasteiger partial charge in [0.25, 0.3) is 5.91 Å². The Bertz CT molecular complexity index is 732. The zero-order chi connectivity index (χ0) is 17.1. The molecule has 2 aliphatic rings. The largest absolute Gasteiger partial charge is 0.480 e. The van der Waals surface area contributed by atoms with Crippen molar-refractivity contribution in [1.82, 2.24) is 9.88 Å². The molecule has 6 nitrogen and oxygen atoms in total. The summed E-state index contributed by atoms with van der Waals surface area (Å²) in [6.07, 6.45) is 1.70. The Hall–Kier alpha value is -2.44. The first-order valence-electron chi connectivity index (χ1n) is 8.58. The van der Waals surface area contributed by atoms with E-state index in [9.17, 15) is 4.79 Å². The molecule has 0 bridgehead atoms. The van der Waals surface area contributed by atoms with Gasteiger partial charge in [0, 0.05) is 25.8 Å². The number of carbonyl (C=O) groups excluding carboxylic acids is 1. The summed E-state index contributed by atoms with van der Waals surface area (Å²) in [5.74, 6) is 1.19. The van der Waals surface area contributed by atoms with Crippen molar-refractivity contribution in [2.24, 2.45) is 0 Å². The molecule has 3 heterocycles. The Morgan fingerprint density at radius 2 is 1.88 bits per heavy atom. The average Bonchev–Trinajstić information content (AvgIpc) is 2.68. The van der Waals surface area contributed by atoms with Gasteiger partial charge in [0.15, 0.2) is 18.2 Å². The third-order valence-electron chi connectivity index (χ3n) is 4.63. The molecule has 1 atom stereocenters. The molecule has 1 unspecified atom stereocenters. The van der Waals surface area contributed by atoms with Gasteiger partial charge in [0.05, 0.1) is 19.3 Å². The van der Waals surface area contributed by atoms with Crippen LogP contribution in [0.2, 0.25) is 0 Å². The molecular formula is C19H21N3O3. The van der Waals surface area contributed by atoms with Crippen molar-refractivity contribution in [3.63, 3.8) is 0 Å². The number of carbonyl (C=O) groups is 1. The minimum Gasteiger partial charge on any atom is -0.480 e. The number of hydrogen-bond donors (Lipinski definition) is 0. The van der Waals surface area contributed by atoms with E-state index in [1.807, 2.05) is 30.3 Å². The Morgan fingerprint density at radius 3 is 2.68 bits per heavy atom. The zero-order valence-electron chi connectivity index (χ0n) is 14.0. The van der Waals surface area contributed by atoms with Crippen molar-refractivity contribution in [2.75, 3.05) is 44.4 Å². The van der Waals surface area contributed by atoms with E-state index in [2.05, 4.69) is 22.0 Å². The van der Waals surface area contributed by atoms with Crippen molar-refractivity contribution < 1.29 is 14.3 Å². The number of ether oxygens (including phenoxy) is 2. The Labute approximate surface area is 147 Å². The van der Waals surface area contributed by atoms with Crippen LogP contribution >= 0.6 is 0 Å². The second-order valence-electron chi connectivity index (χ2n) is 6.22. The van der Waals surface area contributed by atoms with Crippen LogP contribution in [-0.4, -0.2) is 55.2 Å². The third-order valence-corrected chi connectivity index (χ3v) is 4.63. The number of fused-ring (bicyclic) bond motifs is 1. The molecule has 1 fully saturated rings. The molecule has 2 aliphatic heterocycles. The number of rotatable bonds is 4. The highest BCUT2D eigenvalue weighted by Crippen LogP contribution is 2.36. The minimum atomic E-state index is -0.107. The van der Waals surface area contributed by atoms with Gasteiger partial charge < -0.3 is 9.47 Å². The molecule has 4 rings (SSSR count). The Balaban J connectivity index is 1.71. The first kappa shape index (κ1) is 16.1. The van der Waals surface area contributed by atoms with Crippen molar-refractivity contribution in [3.8, 4) is 5.75 Å². The predicted molar refractivity (Wildman–Crippen MR) is 93.7 cm³/mol. The molecular weight excluding hydrogens is 318 g/mol. The van der Waals surface area contributed by atoms with Crippen LogP contribution in [0.5, 0.6) is 5.75 Å². The highest BCUT2D eigenvalue weighted by molar-refractivity contribution is 5.97. The summed E-state index contributed by atoms with van der Waals surface area (Å²) in [7, 11) is 0. The van der Waals surface area contributed by atoms with Crippen molar-refractivity contribution in [1.29, 1.82) is 0 Å². The summed E-state index contributed by atoms with van der Waals surface area (Å²) < 4.78 is 11.0. The summed E-state index contributed by atoms with van der Waals surface area (Å²) >= 11 is 0. The second-order valence-corrected chi connectivity index (χ2v) is 6.22. The summed E-state index contributed by atoms with van der Waals surface area (Å²) in [6.45, 7) is 3.99. The molecule has 0 spiro atoms. The zero-order valence-corrected chi connectivity index (χ0v) is 14.0. The van der Waals surface area contributed by atoms with E-state index in [-0.39, 0.29) is 18.6 Å². The maximum Gasteiger partial charge on any atom is 0.266 e. The highest BCUT2D eigenvalue weighted by Gasteiger charge is 2.34. The van der Waals surface area contributed by atoms with Gasteiger partial charge in [-0.25, -0.2) is 4.98 Å². The van der Waals surface area contributed by atoms with E-state index in [1.54, 1.807) is 11.1 Å². The van der Waals surface area contributed by atoms with Gasteiger partial charge >= 0.3 is 0 Å². The molecule has 0 N–H and O–H groups in total. The van der Waals surface area contributed by atoms with E-state index in [1.165, 1.54) is 0 Å². The van der Waals surface area contributed by atoms with Gasteiger partial charge in [-0.2, -0.15) is 0 Å². The molecule has 1 saturated heterocycles. The predicted octanol–water partition coefficient (Wildman–Crippen LogP) is 1.88. The molecule has 0 aliphatic carbocycles. The lowest BCUT2D eigenvalue weighted by atomic mass is 10.0. The number of amides is 1. The number of aromatic nitrogens is 1. The molecule has 25 heavy (non-hydrogen) atoms. The third kappa shape index (κ3) is 3.36. The van der Waals surface area contributed by atoms with Gasteiger partial charge in [0.2, 0.25) is 0 Å². The SMILES string of the molecule is O=C1COc2cccnc2N1C(CN1CCOCC1)c1ccccc1. The van der Waals surface area contributed by atoms with Gasteiger partial charge in [-0.15, -0.1) is 0 Å². The molecule has 0 radical (unpaired) electrons. The van der Waals surface area contributed by atoms with Gasteiger partial charge in [0.1, 0.15) is 0 Å².